The van der Waals surface area contributed by atoms with Gasteiger partial charge in [0.2, 0.25) is 0 Å². The van der Waals surface area contributed by atoms with E-state index in [4.69, 9.17) is 16.3 Å². The second kappa shape index (κ2) is 5.86. The monoisotopic (exact) mass is 273 g/mol. The van der Waals surface area contributed by atoms with E-state index in [2.05, 4.69) is 15.3 Å². The number of H-pyrrole nitrogens is 1. The van der Waals surface area contributed by atoms with E-state index in [-0.39, 0.29) is 10.8 Å². The van der Waals surface area contributed by atoms with Gasteiger partial charge in [-0.05, 0) is 13.3 Å². The molecule has 6 nitrogen and oxygen atoms in total. The van der Waals surface area contributed by atoms with Gasteiger partial charge in [-0.3, -0.25) is 4.79 Å². The molecule has 1 aromatic rings. The molecule has 7 heteroatoms. The van der Waals surface area contributed by atoms with Gasteiger partial charge in [-0.25, -0.2) is 9.78 Å². The van der Waals surface area contributed by atoms with Crippen LogP contribution in [0.25, 0.3) is 0 Å². The molecule has 0 aliphatic rings. The predicted octanol–water partition coefficient (Wildman–Crippen LogP) is 1.57. The van der Waals surface area contributed by atoms with Crippen molar-refractivity contribution in [2.45, 2.75) is 32.2 Å². The Morgan fingerprint density at radius 3 is 2.89 bits per heavy atom. The Balaban J connectivity index is 3.07. The van der Waals surface area contributed by atoms with Crippen molar-refractivity contribution in [3.05, 3.63) is 21.7 Å². The van der Waals surface area contributed by atoms with Gasteiger partial charge in [-0.2, -0.15) is 0 Å². The zero-order valence-electron chi connectivity index (χ0n) is 10.5. The van der Waals surface area contributed by atoms with Gasteiger partial charge >= 0.3 is 5.97 Å². The Hall–Kier alpha value is -1.56. The van der Waals surface area contributed by atoms with Crippen molar-refractivity contribution in [1.82, 2.24) is 9.97 Å². The van der Waals surface area contributed by atoms with E-state index in [1.54, 1.807) is 6.92 Å². The molecule has 2 N–H and O–H groups in total. The molecule has 0 aliphatic carbocycles. The number of rotatable bonds is 5. The summed E-state index contributed by atoms with van der Waals surface area (Å²) in [6, 6.07) is 0. The summed E-state index contributed by atoms with van der Waals surface area (Å²) in [5.41, 5.74) is -1.42. The summed E-state index contributed by atoms with van der Waals surface area (Å²) < 4.78 is 4.75. The molecule has 0 amide bonds. The number of hydrogen-bond donors (Lipinski definition) is 2. The van der Waals surface area contributed by atoms with Crippen LogP contribution in [0.2, 0.25) is 5.02 Å². The Morgan fingerprint density at radius 1 is 1.67 bits per heavy atom. The number of nitrogens with one attached hydrogen (secondary N) is 2. The SMILES string of the molecule is CCCC(C)(Nc1nc[nH]c(=O)c1Cl)C(=O)OC. The lowest BCUT2D eigenvalue weighted by Crippen LogP contribution is -2.44. The van der Waals surface area contributed by atoms with Crippen LogP contribution in [0.4, 0.5) is 5.82 Å². The van der Waals surface area contributed by atoms with Gasteiger partial charge in [0, 0.05) is 0 Å². The van der Waals surface area contributed by atoms with Crippen LogP contribution in [0.1, 0.15) is 26.7 Å². The Kier molecular flexibility index (Phi) is 4.72. The summed E-state index contributed by atoms with van der Waals surface area (Å²) in [7, 11) is 1.31. The molecular weight excluding hydrogens is 258 g/mol. The molecule has 0 saturated heterocycles. The highest BCUT2D eigenvalue weighted by atomic mass is 35.5. The summed E-state index contributed by atoms with van der Waals surface area (Å²) >= 11 is 5.83. The largest absolute Gasteiger partial charge is 0.467 e. The zero-order chi connectivity index (χ0) is 13.8. The van der Waals surface area contributed by atoms with Crippen molar-refractivity contribution in [2.24, 2.45) is 0 Å². The summed E-state index contributed by atoms with van der Waals surface area (Å²) in [6.07, 6.45) is 2.52. The third-order valence-electron chi connectivity index (χ3n) is 2.58. The fourth-order valence-electron chi connectivity index (χ4n) is 1.67. The van der Waals surface area contributed by atoms with E-state index < -0.39 is 17.1 Å². The molecule has 0 bridgehead atoms. The number of ether oxygens (including phenoxy) is 1. The molecule has 100 valence electrons. The first-order valence-corrected chi connectivity index (χ1v) is 5.92. The Labute approximate surface area is 110 Å². The fraction of sp³-hybridized carbons (Fsp3) is 0.545. The molecule has 1 rings (SSSR count). The first-order chi connectivity index (χ1) is 8.44. The van der Waals surface area contributed by atoms with E-state index in [9.17, 15) is 9.59 Å². The lowest BCUT2D eigenvalue weighted by molar-refractivity contribution is -0.145. The lowest BCUT2D eigenvalue weighted by Gasteiger charge is -2.28. The molecule has 0 spiro atoms. The van der Waals surface area contributed by atoms with Crippen LogP contribution < -0.4 is 10.9 Å². The van der Waals surface area contributed by atoms with E-state index >= 15 is 0 Å². The first-order valence-electron chi connectivity index (χ1n) is 5.54. The first kappa shape index (κ1) is 14.5. The third-order valence-corrected chi connectivity index (χ3v) is 2.93. The molecule has 0 aromatic carbocycles. The molecule has 18 heavy (non-hydrogen) atoms. The minimum atomic E-state index is -0.964. The van der Waals surface area contributed by atoms with Crippen LogP contribution in [0.3, 0.4) is 0 Å². The number of esters is 1. The number of nitrogens with zero attached hydrogens (tertiary/aromatic N) is 1. The second-order valence-electron chi connectivity index (χ2n) is 4.09. The number of hydrogen-bond acceptors (Lipinski definition) is 5. The summed E-state index contributed by atoms with van der Waals surface area (Å²) in [6.45, 7) is 3.62. The number of aromatic nitrogens is 2. The molecule has 0 radical (unpaired) electrons. The minimum absolute atomic E-state index is 0.0799. The standard InChI is InChI=1S/C11H16ClN3O3/c1-4-5-11(2,10(17)18-3)15-8-7(12)9(16)14-6-13-8/h6H,4-5H2,1-3H3,(H2,13,14,15,16). The van der Waals surface area contributed by atoms with E-state index in [1.807, 2.05) is 6.92 Å². The average molecular weight is 274 g/mol. The Bertz CT molecular complexity index is 489. The highest BCUT2D eigenvalue weighted by molar-refractivity contribution is 6.32. The number of anilines is 1. The van der Waals surface area contributed by atoms with E-state index in [0.29, 0.717) is 6.42 Å². The maximum absolute atomic E-state index is 11.8. The van der Waals surface area contributed by atoms with Crippen LogP contribution in [0.15, 0.2) is 11.1 Å². The molecule has 1 atom stereocenters. The van der Waals surface area contributed by atoms with Crippen molar-refractivity contribution in [3.63, 3.8) is 0 Å². The van der Waals surface area contributed by atoms with Gasteiger partial charge in [0.15, 0.2) is 5.82 Å². The van der Waals surface area contributed by atoms with Crippen molar-refractivity contribution in [3.8, 4) is 0 Å². The van der Waals surface area contributed by atoms with Gasteiger partial charge in [0.25, 0.3) is 5.56 Å². The fourth-order valence-corrected chi connectivity index (χ4v) is 1.82. The molecule has 0 aliphatic heterocycles. The quantitative estimate of drug-likeness (QED) is 0.796. The summed E-state index contributed by atoms with van der Waals surface area (Å²) in [5.74, 6) is -0.260. The van der Waals surface area contributed by atoms with Gasteiger partial charge in [0.05, 0.1) is 13.4 Å². The molecule has 0 fully saturated rings. The highest BCUT2D eigenvalue weighted by Crippen LogP contribution is 2.23. The normalized spacial score (nSPS) is 13.8. The number of aromatic amines is 1. The molecule has 0 saturated carbocycles. The second-order valence-corrected chi connectivity index (χ2v) is 4.47. The predicted molar refractivity (Wildman–Crippen MR) is 68.8 cm³/mol. The van der Waals surface area contributed by atoms with Crippen molar-refractivity contribution in [2.75, 3.05) is 12.4 Å². The van der Waals surface area contributed by atoms with Gasteiger partial charge in [-0.15, -0.1) is 0 Å². The number of carbonyl (C=O) groups is 1. The number of methoxy groups -OCH3 is 1. The van der Waals surface area contributed by atoms with Crippen LogP contribution in [0, 0.1) is 0 Å². The average Bonchev–Trinajstić information content (AvgIpc) is 2.34. The Morgan fingerprint density at radius 2 is 2.33 bits per heavy atom. The van der Waals surface area contributed by atoms with Crippen LogP contribution in [-0.2, 0) is 9.53 Å². The molecule has 1 aromatic heterocycles. The summed E-state index contributed by atoms with van der Waals surface area (Å²) in [5, 5.41) is 2.80. The lowest BCUT2D eigenvalue weighted by atomic mass is 9.96. The molecular formula is C11H16ClN3O3. The summed E-state index contributed by atoms with van der Waals surface area (Å²) in [4.78, 5) is 29.4. The van der Waals surface area contributed by atoms with Crippen LogP contribution in [-0.4, -0.2) is 28.6 Å². The highest BCUT2D eigenvalue weighted by Gasteiger charge is 2.34. The van der Waals surface area contributed by atoms with Gasteiger partial charge in [-0.1, -0.05) is 24.9 Å². The maximum Gasteiger partial charge on any atom is 0.331 e. The van der Waals surface area contributed by atoms with Gasteiger partial charge < -0.3 is 15.0 Å². The smallest absolute Gasteiger partial charge is 0.331 e. The van der Waals surface area contributed by atoms with E-state index in [1.165, 1.54) is 13.4 Å². The van der Waals surface area contributed by atoms with Crippen molar-refractivity contribution < 1.29 is 9.53 Å². The van der Waals surface area contributed by atoms with Crippen molar-refractivity contribution >= 4 is 23.4 Å². The van der Waals surface area contributed by atoms with Crippen molar-refractivity contribution in [1.29, 1.82) is 0 Å². The minimum Gasteiger partial charge on any atom is -0.467 e. The number of halogens is 1. The zero-order valence-corrected chi connectivity index (χ0v) is 11.3. The van der Waals surface area contributed by atoms with E-state index in [0.717, 1.165) is 6.42 Å². The van der Waals surface area contributed by atoms with Gasteiger partial charge in [0.1, 0.15) is 10.6 Å². The van der Waals surface area contributed by atoms with Crippen LogP contribution >= 0.6 is 11.6 Å². The number of carbonyl (C=O) groups excluding carboxylic acids is 1. The third kappa shape index (κ3) is 3.01. The molecule has 1 heterocycles. The van der Waals surface area contributed by atoms with Crippen LogP contribution in [0.5, 0.6) is 0 Å². The molecule has 1 unspecified atom stereocenters. The topological polar surface area (TPSA) is 84.1 Å². The maximum atomic E-state index is 11.8.